The van der Waals surface area contributed by atoms with Gasteiger partial charge in [-0.25, -0.2) is 0 Å². The van der Waals surface area contributed by atoms with Crippen LogP contribution in [0.4, 0.5) is 0 Å². The maximum absolute atomic E-state index is 5.90. The number of nitrogens with two attached hydrogens (primary N) is 1. The van der Waals surface area contributed by atoms with Gasteiger partial charge in [-0.2, -0.15) is 0 Å². The number of nitrogens with one attached hydrogen (secondary N) is 1. The molecule has 4 heteroatoms. The van der Waals surface area contributed by atoms with Crippen molar-refractivity contribution in [3.63, 3.8) is 0 Å². The summed E-state index contributed by atoms with van der Waals surface area (Å²) in [5.74, 6) is 0. The zero-order valence-electron chi connectivity index (χ0n) is 9.37. The Hall–Kier alpha value is -0.420. The lowest BCUT2D eigenvalue weighted by molar-refractivity contribution is -0.126. The Kier molecular flexibility index (Phi) is 3.64. The van der Waals surface area contributed by atoms with Gasteiger partial charge in [-0.1, -0.05) is 34.1 Å². The highest BCUT2D eigenvalue weighted by Gasteiger charge is 2.45. The number of rotatable bonds is 4. The smallest absolute Gasteiger partial charge is 0.0575 e. The molecule has 1 aromatic carbocycles. The summed E-state index contributed by atoms with van der Waals surface area (Å²) in [5, 5.41) is 3.36. The first-order valence-corrected chi connectivity index (χ1v) is 6.22. The van der Waals surface area contributed by atoms with E-state index in [1.165, 1.54) is 5.56 Å². The van der Waals surface area contributed by atoms with Crippen molar-refractivity contribution in [2.75, 3.05) is 26.8 Å². The summed E-state index contributed by atoms with van der Waals surface area (Å²) in [6, 6.07) is 8.49. The van der Waals surface area contributed by atoms with E-state index in [0.29, 0.717) is 6.54 Å². The third kappa shape index (κ3) is 1.91. The number of ether oxygens (including phenoxy) is 1. The molecule has 1 aromatic rings. The third-order valence-electron chi connectivity index (χ3n) is 3.30. The molecule has 1 unspecified atom stereocenters. The van der Waals surface area contributed by atoms with Crippen LogP contribution in [0.5, 0.6) is 0 Å². The predicted octanol–water partition coefficient (Wildman–Crippen LogP) is 1.68. The molecule has 0 spiro atoms. The molecule has 1 fully saturated rings. The molecule has 0 amide bonds. The fraction of sp³-hybridized carbons (Fsp3) is 0.500. The topological polar surface area (TPSA) is 47.3 Å². The monoisotopic (exact) mass is 284 g/mol. The lowest BCUT2D eigenvalue weighted by Crippen LogP contribution is -2.55. The first-order valence-electron chi connectivity index (χ1n) is 5.43. The number of hydrogen-bond donors (Lipinski definition) is 2. The van der Waals surface area contributed by atoms with E-state index in [1.807, 2.05) is 19.2 Å². The van der Waals surface area contributed by atoms with Crippen LogP contribution in [0.2, 0.25) is 0 Å². The molecule has 88 valence electrons. The number of halogens is 1. The van der Waals surface area contributed by atoms with Gasteiger partial charge in [-0.15, -0.1) is 0 Å². The molecule has 0 aromatic heterocycles. The minimum atomic E-state index is 0.0403. The van der Waals surface area contributed by atoms with E-state index in [1.54, 1.807) is 0 Å². The second kappa shape index (κ2) is 4.84. The van der Waals surface area contributed by atoms with Gasteiger partial charge in [0.2, 0.25) is 0 Å². The van der Waals surface area contributed by atoms with Crippen LogP contribution in [0.3, 0.4) is 0 Å². The minimum absolute atomic E-state index is 0.0403. The maximum atomic E-state index is 5.90. The van der Waals surface area contributed by atoms with Crippen LogP contribution in [-0.2, 0) is 4.74 Å². The first kappa shape index (κ1) is 12.0. The molecule has 2 rings (SSSR count). The molecule has 1 heterocycles. The fourth-order valence-corrected chi connectivity index (χ4v) is 2.78. The molecule has 1 atom stereocenters. The van der Waals surface area contributed by atoms with Crippen molar-refractivity contribution in [3.05, 3.63) is 34.3 Å². The van der Waals surface area contributed by atoms with E-state index in [-0.39, 0.29) is 11.5 Å². The highest BCUT2D eigenvalue weighted by molar-refractivity contribution is 9.10. The molecule has 1 saturated heterocycles. The largest absolute Gasteiger partial charge is 0.380 e. The summed E-state index contributed by atoms with van der Waals surface area (Å²) >= 11 is 3.59. The lowest BCUT2D eigenvalue weighted by Gasteiger charge is -2.46. The van der Waals surface area contributed by atoms with E-state index < -0.39 is 0 Å². The maximum Gasteiger partial charge on any atom is 0.0575 e. The first-order chi connectivity index (χ1) is 7.73. The quantitative estimate of drug-likeness (QED) is 0.885. The van der Waals surface area contributed by atoms with Crippen LogP contribution < -0.4 is 11.1 Å². The normalized spacial score (nSPS) is 20.2. The Morgan fingerprint density at radius 3 is 2.62 bits per heavy atom. The van der Waals surface area contributed by atoms with Crippen molar-refractivity contribution in [2.45, 2.75) is 6.04 Å². The van der Waals surface area contributed by atoms with Gasteiger partial charge >= 0.3 is 0 Å². The van der Waals surface area contributed by atoms with Gasteiger partial charge in [0, 0.05) is 22.5 Å². The van der Waals surface area contributed by atoms with E-state index >= 15 is 0 Å². The zero-order chi connectivity index (χ0) is 11.6. The molecule has 0 bridgehead atoms. The summed E-state index contributed by atoms with van der Waals surface area (Å²) < 4.78 is 6.46. The van der Waals surface area contributed by atoms with E-state index in [2.05, 4.69) is 33.4 Å². The van der Waals surface area contributed by atoms with Crippen molar-refractivity contribution in [3.8, 4) is 0 Å². The summed E-state index contributed by atoms with van der Waals surface area (Å²) in [7, 11) is 1.97. The predicted molar refractivity (Wildman–Crippen MR) is 68.2 cm³/mol. The number of benzene rings is 1. The second-order valence-corrected chi connectivity index (χ2v) is 5.16. The summed E-state index contributed by atoms with van der Waals surface area (Å²) in [5.41, 5.74) is 7.19. The Labute approximate surface area is 104 Å². The average Bonchev–Trinajstić information content (AvgIpc) is 2.25. The third-order valence-corrected chi connectivity index (χ3v) is 4.03. The molecule has 3 N–H and O–H groups in total. The molecule has 16 heavy (non-hydrogen) atoms. The van der Waals surface area contributed by atoms with Crippen LogP contribution in [0, 0.1) is 5.41 Å². The summed E-state index contributed by atoms with van der Waals surface area (Å²) in [6.07, 6.45) is 0. The van der Waals surface area contributed by atoms with E-state index in [9.17, 15) is 0 Å². The van der Waals surface area contributed by atoms with Crippen LogP contribution in [0.25, 0.3) is 0 Å². The molecule has 3 nitrogen and oxygen atoms in total. The van der Waals surface area contributed by atoms with Crippen molar-refractivity contribution in [1.82, 2.24) is 5.32 Å². The molecule has 1 aliphatic rings. The second-order valence-electron chi connectivity index (χ2n) is 4.30. The summed E-state index contributed by atoms with van der Waals surface area (Å²) in [4.78, 5) is 0. The van der Waals surface area contributed by atoms with Crippen LogP contribution in [-0.4, -0.2) is 26.8 Å². The van der Waals surface area contributed by atoms with Gasteiger partial charge in [-0.05, 0) is 18.7 Å². The minimum Gasteiger partial charge on any atom is -0.380 e. The van der Waals surface area contributed by atoms with Gasteiger partial charge in [0.05, 0.1) is 13.2 Å². The zero-order valence-corrected chi connectivity index (χ0v) is 11.0. The van der Waals surface area contributed by atoms with Crippen LogP contribution in [0.1, 0.15) is 11.6 Å². The summed E-state index contributed by atoms with van der Waals surface area (Å²) in [6.45, 7) is 2.10. The Morgan fingerprint density at radius 2 is 2.19 bits per heavy atom. The lowest BCUT2D eigenvalue weighted by atomic mass is 9.75. The van der Waals surface area contributed by atoms with Crippen molar-refractivity contribution < 1.29 is 4.74 Å². The van der Waals surface area contributed by atoms with Crippen molar-refractivity contribution in [2.24, 2.45) is 11.1 Å². The standard InChI is InChI=1S/C12H17BrN2O/c1-15-11(12(6-14)7-16-8-12)9-4-2-3-5-10(9)13/h2-5,11,15H,6-8,14H2,1H3. The van der Waals surface area contributed by atoms with Crippen molar-refractivity contribution in [1.29, 1.82) is 0 Å². The molecule has 0 saturated carbocycles. The van der Waals surface area contributed by atoms with Crippen LogP contribution >= 0.6 is 15.9 Å². The molecule has 1 aliphatic heterocycles. The van der Waals surface area contributed by atoms with Crippen molar-refractivity contribution >= 4 is 15.9 Å². The van der Waals surface area contributed by atoms with Gasteiger partial charge < -0.3 is 15.8 Å². The molecule has 0 aliphatic carbocycles. The van der Waals surface area contributed by atoms with Gasteiger partial charge in [0.25, 0.3) is 0 Å². The van der Waals surface area contributed by atoms with Gasteiger partial charge in [-0.3, -0.25) is 0 Å². The Bertz CT molecular complexity index is 360. The van der Waals surface area contributed by atoms with E-state index in [0.717, 1.165) is 17.7 Å². The number of hydrogen-bond acceptors (Lipinski definition) is 3. The molecular weight excluding hydrogens is 268 g/mol. The average molecular weight is 285 g/mol. The Morgan fingerprint density at radius 1 is 1.50 bits per heavy atom. The van der Waals surface area contributed by atoms with E-state index in [4.69, 9.17) is 10.5 Å². The van der Waals surface area contributed by atoms with Gasteiger partial charge in [0.1, 0.15) is 0 Å². The highest BCUT2D eigenvalue weighted by Crippen LogP contribution is 2.41. The molecule has 0 radical (unpaired) electrons. The fourth-order valence-electron chi connectivity index (χ4n) is 2.27. The highest BCUT2D eigenvalue weighted by atomic mass is 79.9. The Balaban J connectivity index is 2.32. The SMILES string of the molecule is CNC(c1ccccc1Br)C1(CN)COC1. The molecular formula is C12H17BrN2O. The van der Waals surface area contributed by atoms with Crippen LogP contribution in [0.15, 0.2) is 28.7 Å². The van der Waals surface area contributed by atoms with Gasteiger partial charge in [0.15, 0.2) is 0 Å².